The number of amides is 1. The molecule has 1 saturated heterocycles. The number of carbonyl (C=O) groups excluding carboxylic acids is 1. The first-order valence-electron chi connectivity index (χ1n) is 11.4. The summed E-state index contributed by atoms with van der Waals surface area (Å²) in [4.78, 5) is 35.7. The predicted molar refractivity (Wildman–Crippen MR) is 122 cm³/mol. The average molecular weight is 429 g/mol. The molecular formula is C25H28N6O. The van der Waals surface area contributed by atoms with E-state index in [4.69, 9.17) is 9.97 Å². The number of piperidine rings is 1. The number of anilines is 1. The summed E-state index contributed by atoms with van der Waals surface area (Å²) in [7, 11) is 0. The van der Waals surface area contributed by atoms with Crippen LogP contribution in [-0.4, -0.2) is 50.4 Å². The number of aryl methyl sites for hydroxylation is 1. The molecule has 5 rings (SSSR count). The van der Waals surface area contributed by atoms with Crippen LogP contribution in [0.2, 0.25) is 0 Å². The summed E-state index contributed by atoms with van der Waals surface area (Å²) < 4.78 is 0. The highest BCUT2D eigenvalue weighted by Gasteiger charge is 2.29. The molecule has 0 bridgehead atoms. The number of pyridine rings is 2. The second-order valence-corrected chi connectivity index (χ2v) is 8.60. The highest BCUT2D eigenvalue weighted by molar-refractivity contribution is 5.92. The van der Waals surface area contributed by atoms with Crippen molar-refractivity contribution < 1.29 is 4.79 Å². The van der Waals surface area contributed by atoms with Crippen LogP contribution in [0.4, 0.5) is 5.82 Å². The molecule has 0 aromatic carbocycles. The summed E-state index contributed by atoms with van der Waals surface area (Å²) in [5, 5.41) is 0. The van der Waals surface area contributed by atoms with Crippen LogP contribution in [0.25, 0.3) is 0 Å². The first-order valence-corrected chi connectivity index (χ1v) is 11.4. The zero-order chi connectivity index (χ0) is 21.9. The predicted octanol–water partition coefficient (Wildman–Crippen LogP) is 3.55. The van der Waals surface area contributed by atoms with Crippen molar-refractivity contribution in [1.29, 1.82) is 0 Å². The van der Waals surface area contributed by atoms with Crippen molar-refractivity contribution in [2.45, 2.75) is 45.1 Å². The molecule has 7 heteroatoms. The molecule has 0 atom stereocenters. The van der Waals surface area contributed by atoms with Crippen molar-refractivity contribution in [3.05, 3.63) is 77.3 Å². The van der Waals surface area contributed by atoms with Crippen molar-refractivity contribution in [3.63, 3.8) is 0 Å². The Kier molecular flexibility index (Phi) is 5.79. The van der Waals surface area contributed by atoms with Gasteiger partial charge in [-0.3, -0.25) is 14.8 Å². The Morgan fingerprint density at radius 3 is 2.50 bits per heavy atom. The topological polar surface area (TPSA) is 75.1 Å². The number of hydrogen-bond donors (Lipinski definition) is 0. The van der Waals surface area contributed by atoms with Crippen molar-refractivity contribution in [3.8, 4) is 0 Å². The molecule has 0 saturated carbocycles. The molecule has 0 unspecified atom stereocenters. The summed E-state index contributed by atoms with van der Waals surface area (Å²) in [5.74, 6) is 2.26. The van der Waals surface area contributed by atoms with E-state index in [9.17, 15) is 4.79 Å². The van der Waals surface area contributed by atoms with Gasteiger partial charge in [0.05, 0.1) is 12.2 Å². The molecule has 3 aromatic heterocycles. The fraction of sp³-hybridized carbons (Fsp3) is 0.400. The summed E-state index contributed by atoms with van der Waals surface area (Å²) >= 11 is 0. The molecule has 3 aromatic rings. The third kappa shape index (κ3) is 4.20. The Balaban J connectivity index is 1.32. The van der Waals surface area contributed by atoms with Crippen LogP contribution in [0.15, 0.2) is 48.8 Å². The summed E-state index contributed by atoms with van der Waals surface area (Å²) in [5.41, 5.74) is 3.91. The maximum Gasteiger partial charge on any atom is 0.272 e. The van der Waals surface area contributed by atoms with Crippen LogP contribution in [0.5, 0.6) is 0 Å². The summed E-state index contributed by atoms with van der Waals surface area (Å²) in [6.45, 7) is 5.26. The number of carbonyl (C=O) groups is 1. The lowest BCUT2D eigenvalue weighted by Crippen LogP contribution is -2.39. The van der Waals surface area contributed by atoms with Crippen LogP contribution >= 0.6 is 0 Å². The van der Waals surface area contributed by atoms with E-state index in [0.717, 1.165) is 61.8 Å². The molecule has 0 spiro atoms. The van der Waals surface area contributed by atoms with Crippen LogP contribution in [0.3, 0.4) is 0 Å². The Bertz CT molecular complexity index is 1080. The van der Waals surface area contributed by atoms with Gasteiger partial charge in [0.2, 0.25) is 0 Å². The lowest BCUT2D eigenvalue weighted by molar-refractivity contribution is 0.0705. The van der Waals surface area contributed by atoms with Gasteiger partial charge in [0.15, 0.2) is 0 Å². The first kappa shape index (κ1) is 20.5. The third-order valence-corrected chi connectivity index (χ3v) is 6.47. The number of aromatic nitrogens is 4. The summed E-state index contributed by atoms with van der Waals surface area (Å²) in [6, 6.07) is 11.5. The first-order chi connectivity index (χ1) is 15.7. The molecule has 1 fully saturated rings. The van der Waals surface area contributed by atoms with E-state index < -0.39 is 0 Å². The van der Waals surface area contributed by atoms with E-state index in [0.29, 0.717) is 18.8 Å². The van der Waals surface area contributed by atoms with E-state index in [1.54, 1.807) is 12.3 Å². The van der Waals surface area contributed by atoms with Gasteiger partial charge >= 0.3 is 0 Å². The van der Waals surface area contributed by atoms with Crippen molar-refractivity contribution in [2.75, 3.05) is 24.5 Å². The highest BCUT2D eigenvalue weighted by atomic mass is 16.2. The molecule has 0 N–H and O–H groups in total. The molecule has 32 heavy (non-hydrogen) atoms. The van der Waals surface area contributed by atoms with E-state index in [-0.39, 0.29) is 11.8 Å². The lowest BCUT2D eigenvalue weighted by Gasteiger charge is -2.34. The van der Waals surface area contributed by atoms with Gasteiger partial charge in [0.1, 0.15) is 17.3 Å². The molecular weight excluding hydrogens is 400 g/mol. The van der Waals surface area contributed by atoms with Gasteiger partial charge < -0.3 is 9.80 Å². The zero-order valence-corrected chi connectivity index (χ0v) is 18.4. The quantitative estimate of drug-likeness (QED) is 0.633. The molecule has 2 aliphatic rings. The van der Waals surface area contributed by atoms with Gasteiger partial charge in [-0.1, -0.05) is 12.1 Å². The fourth-order valence-corrected chi connectivity index (χ4v) is 4.72. The Labute approximate surface area is 188 Å². The molecule has 0 aliphatic carbocycles. The van der Waals surface area contributed by atoms with Crippen LogP contribution in [0, 0.1) is 6.92 Å². The van der Waals surface area contributed by atoms with Gasteiger partial charge in [-0.2, -0.15) is 0 Å². The van der Waals surface area contributed by atoms with Gasteiger partial charge in [-0.25, -0.2) is 9.97 Å². The van der Waals surface area contributed by atoms with E-state index in [2.05, 4.69) is 27.9 Å². The SMILES string of the molecule is Cc1nc(C2CCN(C(=O)c3ccccn3)CC2)nc2c1CCCN2Cc1ccccn1. The molecule has 7 nitrogen and oxygen atoms in total. The van der Waals surface area contributed by atoms with Crippen LogP contribution in [-0.2, 0) is 13.0 Å². The second kappa shape index (κ2) is 9.02. The largest absolute Gasteiger partial charge is 0.350 e. The molecule has 0 radical (unpaired) electrons. The minimum absolute atomic E-state index is 0.00752. The van der Waals surface area contributed by atoms with Gasteiger partial charge in [0, 0.05) is 49.2 Å². The minimum atomic E-state index is 0.00752. The second-order valence-electron chi connectivity index (χ2n) is 8.60. The highest BCUT2D eigenvalue weighted by Crippen LogP contribution is 2.33. The number of nitrogens with zero attached hydrogens (tertiary/aromatic N) is 6. The Morgan fingerprint density at radius 1 is 1.00 bits per heavy atom. The zero-order valence-electron chi connectivity index (χ0n) is 18.4. The van der Waals surface area contributed by atoms with Gasteiger partial charge in [-0.05, 0) is 56.9 Å². The average Bonchev–Trinajstić information content (AvgIpc) is 2.85. The Hall–Kier alpha value is -3.35. The number of likely N-dealkylation sites (tertiary alicyclic amines) is 1. The van der Waals surface area contributed by atoms with E-state index >= 15 is 0 Å². The third-order valence-electron chi connectivity index (χ3n) is 6.47. The maximum atomic E-state index is 12.7. The summed E-state index contributed by atoms with van der Waals surface area (Å²) in [6.07, 6.45) is 7.39. The van der Waals surface area contributed by atoms with Gasteiger partial charge in [0.25, 0.3) is 5.91 Å². The van der Waals surface area contributed by atoms with E-state index in [1.165, 1.54) is 5.56 Å². The molecule has 164 valence electrons. The fourth-order valence-electron chi connectivity index (χ4n) is 4.72. The van der Waals surface area contributed by atoms with Crippen LogP contribution < -0.4 is 4.90 Å². The standard InChI is InChI=1S/C25H28N6O/c1-18-21-8-6-14-31(17-20-7-2-4-12-26-20)24(21)29-23(28-18)19-10-15-30(16-11-19)25(32)22-9-3-5-13-27-22/h2-5,7,9,12-13,19H,6,8,10-11,14-17H2,1H3. The van der Waals surface area contributed by atoms with Crippen molar-refractivity contribution in [1.82, 2.24) is 24.8 Å². The van der Waals surface area contributed by atoms with E-state index in [1.807, 2.05) is 35.4 Å². The van der Waals surface area contributed by atoms with Crippen molar-refractivity contribution >= 4 is 11.7 Å². The van der Waals surface area contributed by atoms with Crippen LogP contribution in [0.1, 0.15) is 58.4 Å². The number of rotatable bonds is 4. The smallest absolute Gasteiger partial charge is 0.272 e. The Morgan fingerprint density at radius 2 is 1.78 bits per heavy atom. The molecule has 1 amide bonds. The van der Waals surface area contributed by atoms with Crippen molar-refractivity contribution in [2.24, 2.45) is 0 Å². The lowest BCUT2D eigenvalue weighted by atomic mass is 9.94. The normalized spacial score (nSPS) is 16.7. The molecule has 2 aliphatic heterocycles. The molecule has 5 heterocycles. The monoisotopic (exact) mass is 428 g/mol. The maximum absolute atomic E-state index is 12.7. The minimum Gasteiger partial charge on any atom is -0.350 e. The van der Waals surface area contributed by atoms with Gasteiger partial charge in [-0.15, -0.1) is 0 Å². The number of fused-ring (bicyclic) bond motifs is 1. The number of hydrogen-bond acceptors (Lipinski definition) is 6.